The van der Waals surface area contributed by atoms with Gasteiger partial charge in [-0.3, -0.25) is 0 Å². The molecule has 22 heavy (non-hydrogen) atoms. The molecule has 126 valence electrons. The number of esters is 1. The van der Waals surface area contributed by atoms with Crippen LogP contribution in [0.5, 0.6) is 0 Å². The first-order chi connectivity index (χ1) is 10.5. The summed E-state index contributed by atoms with van der Waals surface area (Å²) in [6.07, 6.45) is 5.42. The fourth-order valence-corrected chi connectivity index (χ4v) is 3.65. The number of rotatable bonds is 5. The third-order valence-electron chi connectivity index (χ3n) is 5.02. The van der Waals surface area contributed by atoms with Crippen LogP contribution in [0.15, 0.2) is 0 Å². The summed E-state index contributed by atoms with van der Waals surface area (Å²) < 4.78 is 5.34. The van der Waals surface area contributed by atoms with Gasteiger partial charge in [0.2, 0.25) is 0 Å². The number of aliphatic hydroxyl groups is 2. The molecule has 0 spiro atoms. The van der Waals surface area contributed by atoms with Crippen molar-refractivity contribution in [3.63, 3.8) is 0 Å². The molecule has 0 amide bonds. The number of hydrogen-bond acceptors (Lipinski definition) is 6. The number of carboxylic acids is 1. The van der Waals surface area contributed by atoms with Crippen molar-refractivity contribution in [2.45, 2.75) is 82.0 Å². The number of hydrogen-bond donors (Lipinski definition) is 2. The molecule has 2 aliphatic carbocycles. The standard InChI is InChI=1S/C16H26O6/c17-13(14(18)19)16(21,11-7-3-1-4-8-11)15(20)22-12-9-5-2-6-10-12/h11-13,17,21H,1-10H2,(H,18,19)/p-1. The van der Waals surface area contributed by atoms with Gasteiger partial charge in [0.1, 0.15) is 12.2 Å². The Morgan fingerprint density at radius 2 is 1.50 bits per heavy atom. The minimum Gasteiger partial charge on any atom is -0.547 e. The number of carboxylic acid groups (broad SMARTS) is 1. The van der Waals surface area contributed by atoms with Gasteiger partial charge in [0.25, 0.3) is 0 Å². The number of ether oxygens (including phenoxy) is 1. The van der Waals surface area contributed by atoms with Crippen molar-refractivity contribution in [2.75, 3.05) is 0 Å². The predicted octanol–water partition coefficient (Wildman–Crippen LogP) is 0.284. The minimum absolute atomic E-state index is 0.301. The highest BCUT2D eigenvalue weighted by atomic mass is 16.6. The quantitative estimate of drug-likeness (QED) is 0.706. The normalized spacial score (nSPS) is 25.2. The summed E-state index contributed by atoms with van der Waals surface area (Å²) in [4.78, 5) is 23.5. The van der Waals surface area contributed by atoms with E-state index in [1.807, 2.05) is 0 Å². The lowest BCUT2D eigenvalue weighted by Gasteiger charge is -2.40. The number of aliphatic hydroxyl groups excluding tert-OH is 1. The molecule has 0 aliphatic heterocycles. The minimum atomic E-state index is -2.41. The molecule has 2 saturated carbocycles. The molecule has 2 rings (SSSR count). The van der Waals surface area contributed by atoms with Gasteiger partial charge in [-0.25, -0.2) is 4.79 Å². The molecule has 2 fully saturated rings. The number of carbonyl (C=O) groups excluding carboxylic acids is 2. The van der Waals surface area contributed by atoms with E-state index >= 15 is 0 Å². The van der Waals surface area contributed by atoms with E-state index in [2.05, 4.69) is 0 Å². The lowest BCUT2D eigenvalue weighted by Crippen LogP contribution is -2.62. The summed E-state index contributed by atoms with van der Waals surface area (Å²) in [6, 6.07) is 0. The highest BCUT2D eigenvalue weighted by Crippen LogP contribution is 2.36. The molecule has 0 aromatic rings. The van der Waals surface area contributed by atoms with Gasteiger partial charge in [0.05, 0.1) is 5.97 Å². The molecule has 6 nitrogen and oxygen atoms in total. The predicted molar refractivity (Wildman–Crippen MR) is 75.5 cm³/mol. The Morgan fingerprint density at radius 1 is 1.00 bits per heavy atom. The van der Waals surface area contributed by atoms with Gasteiger partial charge in [0, 0.05) is 5.92 Å². The van der Waals surface area contributed by atoms with Crippen LogP contribution in [-0.4, -0.2) is 40.0 Å². The van der Waals surface area contributed by atoms with Crippen LogP contribution < -0.4 is 5.11 Å². The van der Waals surface area contributed by atoms with Crippen molar-refractivity contribution in [3.8, 4) is 0 Å². The van der Waals surface area contributed by atoms with Crippen LogP contribution in [0.3, 0.4) is 0 Å². The van der Waals surface area contributed by atoms with Crippen LogP contribution in [0, 0.1) is 5.92 Å². The third-order valence-corrected chi connectivity index (χ3v) is 5.02. The molecule has 2 atom stereocenters. The Balaban J connectivity index is 2.14. The van der Waals surface area contributed by atoms with Crippen molar-refractivity contribution in [3.05, 3.63) is 0 Å². The Morgan fingerprint density at radius 3 is 2.00 bits per heavy atom. The van der Waals surface area contributed by atoms with Crippen molar-refractivity contribution in [1.29, 1.82) is 0 Å². The molecule has 2 N–H and O–H groups in total. The summed E-state index contributed by atoms with van der Waals surface area (Å²) in [7, 11) is 0. The van der Waals surface area contributed by atoms with E-state index in [9.17, 15) is 24.9 Å². The van der Waals surface area contributed by atoms with E-state index in [1.54, 1.807) is 0 Å². The molecule has 0 heterocycles. The first-order valence-electron chi connectivity index (χ1n) is 8.28. The lowest BCUT2D eigenvalue weighted by molar-refractivity contribution is -0.324. The van der Waals surface area contributed by atoms with Crippen LogP contribution in [0.4, 0.5) is 0 Å². The fourth-order valence-electron chi connectivity index (χ4n) is 3.65. The van der Waals surface area contributed by atoms with Crippen molar-refractivity contribution in [1.82, 2.24) is 0 Å². The Labute approximate surface area is 130 Å². The average molecular weight is 313 g/mol. The molecular formula is C16H25O6-. The second kappa shape index (κ2) is 7.42. The summed E-state index contributed by atoms with van der Waals surface area (Å²) in [5.41, 5.74) is -2.41. The maximum Gasteiger partial charge on any atom is 0.341 e. The maximum atomic E-state index is 12.5. The topological polar surface area (TPSA) is 107 Å². The zero-order valence-corrected chi connectivity index (χ0v) is 12.8. The molecule has 2 aliphatic rings. The highest BCUT2D eigenvalue weighted by Gasteiger charge is 2.52. The number of aliphatic carboxylic acids is 1. The Kier molecular flexibility index (Phi) is 5.81. The van der Waals surface area contributed by atoms with Gasteiger partial charge in [-0.2, -0.15) is 0 Å². The van der Waals surface area contributed by atoms with Gasteiger partial charge >= 0.3 is 5.97 Å². The SMILES string of the molecule is O=C([O-])C(O)C(O)(C(=O)OC1CCCCC1)C1CCCCC1. The van der Waals surface area contributed by atoms with Crippen LogP contribution in [0.1, 0.15) is 64.2 Å². The maximum absolute atomic E-state index is 12.5. The molecule has 0 aromatic heterocycles. The smallest absolute Gasteiger partial charge is 0.341 e. The monoisotopic (exact) mass is 313 g/mol. The summed E-state index contributed by atoms with van der Waals surface area (Å²) >= 11 is 0. The van der Waals surface area contributed by atoms with Crippen molar-refractivity contribution < 1.29 is 29.6 Å². The first kappa shape index (κ1) is 17.2. The van der Waals surface area contributed by atoms with Crippen LogP contribution in [-0.2, 0) is 14.3 Å². The molecule has 0 aromatic carbocycles. The van der Waals surface area contributed by atoms with E-state index in [4.69, 9.17) is 4.74 Å². The Hall–Kier alpha value is -1.14. The van der Waals surface area contributed by atoms with Crippen LogP contribution in [0.2, 0.25) is 0 Å². The van der Waals surface area contributed by atoms with E-state index in [1.165, 1.54) is 0 Å². The van der Waals surface area contributed by atoms with Crippen molar-refractivity contribution >= 4 is 11.9 Å². The molecule has 6 heteroatoms. The second-order valence-corrected chi connectivity index (χ2v) is 6.55. The summed E-state index contributed by atoms with van der Waals surface area (Å²) in [5, 5.41) is 31.7. The van der Waals surface area contributed by atoms with Gasteiger partial charge in [-0.05, 0) is 38.5 Å². The highest BCUT2D eigenvalue weighted by molar-refractivity contribution is 5.88. The van der Waals surface area contributed by atoms with Crippen LogP contribution in [0.25, 0.3) is 0 Å². The first-order valence-corrected chi connectivity index (χ1v) is 8.28. The Bertz CT molecular complexity index is 397. The molecule has 0 saturated heterocycles. The van der Waals surface area contributed by atoms with Crippen LogP contribution >= 0.6 is 0 Å². The van der Waals surface area contributed by atoms with Gasteiger partial charge < -0.3 is 24.9 Å². The fraction of sp³-hybridized carbons (Fsp3) is 0.875. The van der Waals surface area contributed by atoms with Gasteiger partial charge in [-0.15, -0.1) is 0 Å². The van der Waals surface area contributed by atoms with E-state index in [-0.39, 0.29) is 6.10 Å². The summed E-state index contributed by atoms with van der Waals surface area (Å²) in [5.74, 6) is -3.46. The molecule has 0 bridgehead atoms. The van der Waals surface area contributed by atoms with Gasteiger partial charge in [-0.1, -0.05) is 25.7 Å². The molecule has 0 radical (unpaired) electrons. The lowest BCUT2D eigenvalue weighted by atomic mass is 9.74. The average Bonchev–Trinajstić information content (AvgIpc) is 2.55. The zero-order valence-electron chi connectivity index (χ0n) is 12.8. The van der Waals surface area contributed by atoms with E-state index < -0.39 is 29.6 Å². The van der Waals surface area contributed by atoms with Crippen molar-refractivity contribution in [2.24, 2.45) is 5.92 Å². The summed E-state index contributed by atoms with van der Waals surface area (Å²) in [6.45, 7) is 0. The second-order valence-electron chi connectivity index (χ2n) is 6.55. The zero-order chi connectivity index (χ0) is 16.2. The molecule has 2 unspecified atom stereocenters. The largest absolute Gasteiger partial charge is 0.547 e. The van der Waals surface area contributed by atoms with E-state index in [0.717, 1.165) is 38.5 Å². The number of carbonyl (C=O) groups is 2. The third kappa shape index (κ3) is 3.60. The van der Waals surface area contributed by atoms with Gasteiger partial charge in [0.15, 0.2) is 5.60 Å². The van der Waals surface area contributed by atoms with E-state index in [0.29, 0.717) is 25.7 Å². The molecular weight excluding hydrogens is 288 g/mol.